The standard InChI is InChI=1S/C14H20N2O2S/c1-18-14(17)10-8-9(15)6-7-11(10)16-12-4-3-5-13(12)19-2/h6-8,12-13,16H,3-5,15H2,1-2H3. The van der Waals surface area contributed by atoms with Crippen molar-refractivity contribution >= 4 is 29.1 Å². The third kappa shape index (κ3) is 3.15. The molecular weight excluding hydrogens is 260 g/mol. The van der Waals surface area contributed by atoms with Crippen molar-refractivity contribution in [2.45, 2.75) is 30.6 Å². The van der Waals surface area contributed by atoms with Crippen molar-refractivity contribution in [1.29, 1.82) is 0 Å². The van der Waals surface area contributed by atoms with Crippen molar-refractivity contribution in [3.8, 4) is 0 Å². The number of rotatable bonds is 4. The van der Waals surface area contributed by atoms with E-state index >= 15 is 0 Å². The van der Waals surface area contributed by atoms with E-state index in [9.17, 15) is 4.79 Å². The molecule has 0 amide bonds. The highest BCUT2D eigenvalue weighted by Gasteiger charge is 2.27. The Hall–Kier alpha value is -1.36. The van der Waals surface area contributed by atoms with Crippen LogP contribution in [-0.4, -0.2) is 30.6 Å². The van der Waals surface area contributed by atoms with Crippen LogP contribution in [0.15, 0.2) is 18.2 Å². The average Bonchev–Trinajstić information content (AvgIpc) is 2.87. The number of thioether (sulfide) groups is 1. The summed E-state index contributed by atoms with van der Waals surface area (Å²) in [5.41, 5.74) is 7.63. The second-order valence-electron chi connectivity index (χ2n) is 4.75. The van der Waals surface area contributed by atoms with Crippen molar-refractivity contribution in [2.24, 2.45) is 0 Å². The number of nitrogens with two attached hydrogens (primary N) is 1. The Bertz CT molecular complexity index is 465. The summed E-state index contributed by atoms with van der Waals surface area (Å²) in [6, 6.07) is 5.73. The van der Waals surface area contributed by atoms with Crippen LogP contribution in [0.4, 0.5) is 11.4 Å². The fraction of sp³-hybridized carbons (Fsp3) is 0.500. The second kappa shape index (κ2) is 6.19. The van der Waals surface area contributed by atoms with E-state index in [4.69, 9.17) is 10.5 Å². The molecule has 0 aliphatic heterocycles. The number of hydrogen-bond acceptors (Lipinski definition) is 5. The van der Waals surface area contributed by atoms with Gasteiger partial charge in [0.25, 0.3) is 0 Å². The number of esters is 1. The van der Waals surface area contributed by atoms with Crippen LogP contribution in [0.3, 0.4) is 0 Å². The zero-order valence-corrected chi connectivity index (χ0v) is 12.1. The molecule has 1 aromatic carbocycles. The first-order valence-electron chi connectivity index (χ1n) is 6.43. The zero-order valence-electron chi connectivity index (χ0n) is 11.3. The maximum absolute atomic E-state index is 11.8. The van der Waals surface area contributed by atoms with Gasteiger partial charge in [-0.1, -0.05) is 6.42 Å². The number of hydrogen-bond donors (Lipinski definition) is 2. The Labute approximate surface area is 118 Å². The molecule has 0 bridgehead atoms. The fourth-order valence-electron chi connectivity index (χ4n) is 2.54. The Morgan fingerprint density at radius 1 is 1.47 bits per heavy atom. The van der Waals surface area contributed by atoms with E-state index in [2.05, 4.69) is 11.6 Å². The molecule has 2 atom stereocenters. The van der Waals surface area contributed by atoms with Gasteiger partial charge in [-0.05, 0) is 37.3 Å². The summed E-state index contributed by atoms with van der Waals surface area (Å²) in [4.78, 5) is 11.8. The van der Waals surface area contributed by atoms with E-state index in [1.807, 2.05) is 17.8 Å². The van der Waals surface area contributed by atoms with E-state index in [1.165, 1.54) is 20.0 Å². The highest BCUT2D eigenvalue weighted by atomic mass is 32.2. The third-order valence-corrected chi connectivity index (χ3v) is 4.71. The lowest BCUT2D eigenvalue weighted by atomic mass is 10.1. The number of nitrogen functional groups attached to an aromatic ring is 1. The summed E-state index contributed by atoms with van der Waals surface area (Å²) >= 11 is 1.88. The first-order valence-corrected chi connectivity index (χ1v) is 7.71. The first-order chi connectivity index (χ1) is 9.15. The molecule has 0 heterocycles. The van der Waals surface area contributed by atoms with Crippen molar-refractivity contribution < 1.29 is 9.53 Å². The number of methoxy groups -OCH3 is 1. The molecule has 4 nitrogen and oxygen atoms in total. The largest absolute Gasteiger partial charge is 0.465 e. The van der Waals surface area contributed by atoms with Crippen molar-refractivity contribution in [2.75, 3.05) is 24.4 Å². The van der Waals surface area contributed by atoms with Crippen molar-refractivity contribution in [3.05, 3.63) is 23.8 Å². The lowest BCUT2D eigenvalue weighted by Crippen LogP contribution is -2.26. The van der Waals surface area contributed by atoms with Crippen LogP contribution in [0.2, 0.25) is 0 Å². The molecule has 3 N–H and O–H groups in total. The third-order valence-electron chi connectivity index (χ3n) is 3.55. The van der Waals surface area contributed by atoms with Crippen LogP contribution >= 0.6 is 11.8 Å². The summed E-state index contributed by atoms with van der Waals surface area (Å²) in [6.07, 6.45) is 5.72. The molecule has 104 valence electrons. The lowest BCUT2D eigenvalue weighted by molar-refractivity contribution is 0.0602. The Morgan fingerprint density at radius 3 is 2.95 bits per heavy atom. The van der Waals surface area contributed by atoms with Gasteiger partial charge >= 0.3 is 5.97 Å². The van der Waals surface area contributed by atoms with E-state index in [1.54, 1.807) is 12.1 Å². The first kappa shape index (κ1) is 14.1. The molecule has 1 saturated carbocycles. The molecule has 1 aromatic rings. The van der Waals surface area contributed by atoms with Crippen LogP contribution in [0.1, 0.15) is 29.6 Å². The second-order valence-corrected chi connectivity index (χ2v) is 5.83. The van der Waals surface area contributed by atoms with Gasteiger partial charge in [0.2, 0.25) is 0 Å². The van der Waals surface area contributed by atoms with E-state index in [0.717, 1.165) is 12.1 Å². The summed E-state index contributed by atoms with van der Waals surface area (Å²) in [5.74, 6) is -0.353. The van der Waals surface area contributed by atoms with Gasteiger partial charge in [0.1, 0.15) is 0 Å². The quantitative estimate of drug-likeness (QED) is 0.656. The van der Waals surface area contributed by atoms with Gasteiger partial charge in [0.15, 0.2) is 0 Å². The number of benzene rings is 1. The van der Waals surface area contributed by atoms with E-state index in [-0.39, 0.29) is 5.97 Å². The highest BCUT2D eigenvalue weighted by molar-refractivity contribution is 7.99. The smallest absolute Gasteiger partial charge is 0.340 e. The molecule has 0 spiro atoms. The predicted octanol–water partition coefficient (Wildman–Crippen LogP) is 2.75. The molecule has 5 heteroatoms. The lowest BCUT2D eigenvalue weighted by Gasteiger charge is -2.22. The molecule has 1 aliphatic carbocycles. The average molecular weight is 280 g/mol. The molecule has 0 saturated heterocycles. The van der Waals surface area contributed by atoms with Crippen LogP contribution in [0.5, 0.6) is 0 Å². The number of carbonyl (C=O) groups is 1. The van der Waals surface area contributed by atoms with Gasteiger partial charge < -0.3 is 15.8 Å². The van der Waals surface area contributed by atoms with Crippen LogP contribution < -0.4 is 11.1 Å². The normalized spacial score (nSPS) is 22.2. The van der Waals surface area contributed by atoms with Gasteiger partial charge in [-0.3, -0.25) is 0 Å². The predicted molar refractivity (Wildman–Crippen MR) is 80.8 cm³/mol. The molecule has 1 aliphatic rings. The van der Waals surface area contributed by atoms with Gasteiger partial charge in [0, 0.05) is 22.7 Å². The number of nitrogens with one attached hydrogen (secondary N) is 1. The summed E-state index contributed by atoms with van der Waals surface area (Å²) in [5, 5.41) is 4.08. The molecule has 2 unspecified atom stereocenters. The number of carbonyl (C=O) groups excluding carboxylic acids is 1. The number of ether oxygens (including phenoxy) is 1. The molecule has 0 radical (unpaired) electrons. The minimum Gasteiger partial charge on any atom is -0.465 e. The fourth-order valence-corrected chi connectivity index (χ4v) is 3.47. The minimum atomic E-state index is -0.353. The molecule has 2 rings (SSSR count). The van der Waals surface area contributed by atoms with Crippen LogP contribution in [0.25, 0.3) is 0 Å². The van der Waals surface area contributed by atoms with Gasteiger partial charge in [0.05, 0.1) is 12.7 Å². The molecular formula is C14H20N2O2S. The molecule has 1 fully saturated rings. The summed E-state index contributed by atoms with van der Waals surface area (Å²) in [7, 11) is 1.38. The Kier molecular flexibility index (Phi) is 4.58. The zero-order chi connectivity index (χ0) is 13.8. The van der Waals surface area contributed by atoms with E-state index in [0.29, 0.717) is 22.5 Å². The van der Waals surface area contributed by atoms with Crippen LogP contribution in [-0.2, 0) is 4.74 Å². The van der Waals surface area contributed by atoms with Gasteiger partial charge in [-0.25, -0.2) is 4.79 Å². The van der Waals surface area contributed by atoms with E-state index < -0.39 is 0 Å². The van der Waals surface area contributed by atoms with Gasteiger partial charge in [-0.15, -0.1) is 0 Å². The van der Waals surface area contributed by atoms with Crippen molar-refractivity contribution in [3.63, 3.8) is 0 Å². The molecule has 19 heavy (non-hydrogen) atoms. The van der Waals surface area contributed by atoms with Crippen LogP contribution in [0, 0.1) is 0 Å². The molecule has 0 aromatic heterocycles. The SMILES string of the molecule is COC(=O)c1cc(N)ccc1NC1CCCC1SC. The Balaban J connectivity index is 2.22. The topological polar surface area (TPSA) is 64.3 Å². The highest BCUT2D eigenvalue weighted by Crippen LogP contribution is 2.32. The number of anilines is 2. The maximum atomic E-state index is 11.8. The van der Waals surface area contributed by atoms with Gasteiger partial charge in [-0.2, -0.15) is 11.8 Å². The summed E-state index contributed by atoms with van der Waals surface area (Å²) in [6.45, 7) is 0. The minimum absolute atomic E-state index is 0.353. The Morgan fingerprint density at radius 2 is 2.26 bits per heavy atom. The maximum Gasteiger partial charge on any atom is 0.340 e. The van der Waals surface area contributed by atoms with Crippen molar-refractivity contribution in [1.82, 2.24) is 0 Å². The monoisotopic (exact) mass is 280 g/mol. The summed E-state index contributed by atoms with van der Waals surface area (Å²) < 4.78 is 4.81.